The predicted octanol–water partition coefficient (Wildman–Crippen LogP) is 6.44. The third-order valence-corrected chi connectivity index (χ3v) is 4.90. The standard InChI is InChI=1S/C22H19Cl2NO2/c1-14-4-3-5-20(15(14)2)25-22(26)17-8-6-16(7-9-17)13-27-21-12-18(23)10-11-19(21)24/h3-12H,13H2,1-2H3,(H,25,26). The molecule has 3 aromatic carbocycles. The highest BCUT2D eigenvalue weighted by molar-refractivity contribution is 6.34. The molecular weight excluding hydrogens is 381 g/mol. The van der Waals surface area contributed by atoms with Crippen LogP contribution >= 0.6 is 23.2 Å². The van der Waals surface area contributed by atoms with E-state index >= 15 is 0 Å². The molecule has 0 aromatic heterocycles. The quantitative estimate of drug-likeness (QED) is 0.535. The van der Waals surface area contributed by atoms with E-state index in [2.05, 4.69) is 5.32 Å². The van der Waals surface area contributed by atoms with Crippen LogP contribution in [0.15, 0.2) is 60.7 Å². The van der Waals surface area contributed by atoms with E-state index < -0.39 is 0 Å². The lowest BCUT2D eigenvalue weighted by Gasteiger charge is -2.11. The van der Waals surface area contributed by atoms with Crippen LogP contribution in [-0.2, 0) is 6.61 Å². The van der Waals surface area contributed by atoms with Gasteiger partial charge in [0.2, 0.25) is 0 Å². The van der Waals surface area contributed by atoms with Gasteiger partial charge in [0.15, 0.2) is 0 Å². The molecule has 0 saturated heterocycles. The molecule has 0 spiro atoms. The molecule has 138 valence electrons. The van der Waals surface area contributed by atoms with Gasteiger partial charge < -0.3 is 10.1 Å². The van der Waals surface area contributed by atoms with Crippen LogP contribution in [0.3, 0.4) is 0 Å². The number of benzene rings is 3. The highest BCUT2D eigenvalue weighted by Gasteiger charge is 2.09. The van der Waals surface area contributed by atoms with Gasteiger partial charge in [-0.2, -0.15) is 0 Å². The molecule has 3 rings (SSSR count). The highest BCUT2D eigenvalue weighted by atomic mass is 35.5. The largest absolute Gasteiger partial charge is 0.487 e. The smallest absolute Gasteiger partial charge is 0.255 e. The fourth-order valence-electron chi connectivity index (χ4n) is 2.58. The summed E-state index contributed by atoms with van der Waals surface area (Å²) in [6, 6.07) is 18.2. The Morgan fingerprint density at radius 3 is 2.48 bits per heavy atom. The van der Waals surface area contributed by atoms with Crippen LogP contribution in [0.5, 0.6) is 5.75 Å². The lowest BCUT2D eigenvalue weighted by molar-refractivity contribution is 0.102. The van der Waals surface area contributed by atoms with Gasteiger partial charge in [0.1, 0.15) is 12.4 Å². The topological polar surface area (TPSA) is 38.3 Å². The van der Waals surface area contributed by atoms with Gasteiger partial charge in [-0.3, -0.25) is 4.79 Å². The molecule has 0 fully saturated rings. The van der Waals surface area contributed by atoms with Crippen molar-refractivity contribution in [2.75, 3.05) is 5.32 Å². The second kappa shape index (κ2) is 8.47. The normalized spacial score (nSPS) is 10.5. The number of nitrogens with one attached hydrogen (secondary N) is 1. The third kappa shape index (κ3) is 4.82. The molecule has 0 saturated carbocycles. The number of hydrogen-bond acceptors (Lipinski definition) is 2. The fraction of sp³-hybridized carbons (Fsp3) is 0.136. The molecule has 27 heavy (non-hydrogen) atoms. The highest BCUT2D eigenvalue weighted by Crippen LogP contribution is 2.28. The summed E-state index contributed by atoms with van der Waals surface area (Å²) in [7, 11) is 0. The molecule has 0 radical (unpaired) electrons. The molecule has 0 heterocycles. The van der Waals surface area contributed by atoms with Gasteiger partial charge in [0.25, 0.3) is 5.91 Å². The molecule has 0 bridgehead atoms. The maximum absolute atomic E-state index is 12.5. The monoisotopic (exact) mass is 399 g/mol. The van der Waals surface area contributed by atoms with Crippen LogP contribution in [0.25, 0.3) is 0 Å². The van der Waals surface area contributed by atoms with Crippen LogP contribution in [0.4, 0.5) is 5.69 Å². The Labute approximate surface area is 168 Å². The molecule has 5 heteroatoms. The minimum atomic E-state index is -0.144. The zero-order valence-electron chi connectivity index (χ0n) is 15.1. The first-order valence-electron chi connectivity index (χ1n) is 8.48. The van der Waals surface area contributed by atoms with E-state index in [1.54, 1.807) is 30.3 Å². The van der Waals surface area contributed by atoms with Gasteiger partial charge in [-0.1, -0.05) is 47.5 Å². The van der Waals surface area contributed by atoms with Crippen molar-refractivity contribution in [3.8, 4) is 5.75 Å². The van der Waals surface area contributed by atoms with Gasteiger partial charge >= 0.3 is 0 Å². The van der Waals surface area contributed by atoms with Crippen molar-refractivity contribution in [3.05, 3.63) is 93.0 Å². The Morgan fingerprint density at radius 1 is 1.00 bits per heavy atom. The SMILES string of the molecule is Cc1cccc(NC(=O)c2ccc(COc3cc(Cl)ccc3Cl)cc2)c1C. The average Bonchev–Trinajstić information content (AvgIpc) is 2.66. The molecule has 0 aliphatic rings. The van der Waals surface area contributed by atoms with Crippen LogP contribution in [0.1, 0.15) is 27.0 Å². The van der Waals surface area contributed by atoms with Crippen molar-refractivity contribution in [1.82, 2.24) is 0 Å². The summed E-state index contributed by atoms with van der Waals surface area (Å²) < 4.78 is 5.71. The van der Waals surface area contributed by atoms with Crippen molar-refractivity contribution < 1.29 is 9.53 Å². The first-order chi connectivity index (χ1) is 12.9. The summed E-state index contributed by atoms with van der Waals surface area (Å²) in [6.45, 7) is 4.34. The zero-order valence-corrected chi connectivity index (χ0v) is 16.6. The average molecular weight is 400 g/mol. The molecule has 0 atom stereocenters. The molecule has 0 unspecified atom stereocenters. The summed E-state index contributed by atoms with van der Waals surface area (Å²) in [4.78, 5) is 12.5. The number of rotatable bonds is 5. The van der Waals surface area contributed by atoms with Gasteiger partial charge in [0.05, 0.1) is 5.02 Å². The Balaban J connectivity index is 1.65. The molecule has 3 aromatic rings. The van der Waals surface area contributed by atoms with E-state index in [0.29, 0.717) is 28.0 Å². The van der Waals surface area contributed by atoms with Crippen LogP contribution in [-0.4, -0.2) is 5.91 Å². The Morgan fingerprint density at radius 2 is 1.74 bits per heavy atom. The maximum atomic E-state index is 12.5. The molecular formula is C22H19Cl2NO2. The number of anilines is 1. The van der Waals surface area contributed by atoms with Crippen molar-refractivity contribution in [3.63, 3.8) is 0 Å². The maximum Gasteiger partial charge on any atom is 0.255 e. The minimum Gasteiger partial charge on any atom is -0.487 e. The summed E-state index contributed by atoms with van der Waals surface area (Å²) in [5.74, 6) is 0.384. The summed E-state index contributed by atoms with van der Waals surface area (Å²) in [6.07, 6.45) is 0. The van der Waals surface area contributed by atoms with Crippen molar-refractivity contribution in [2.24, 2.45) is 0 Å². The van der Waals surface area contributed by atoms with Crippen LogP contribution < -0.4 is 10.1 Å². The number of amides is 1. The molecule has 1 amide bonds. The van der Waals surface area contributed by atoms with Gasteiger partial charge in [-0.25, -0.2) is 0 Å². The van der Waals surface area contributed by atoms with Crippen molar-refractivity contribution in [1.29, 1.82) is 0 Å². The fourth-order valence-corrected chi connectivity index (χ4v) is 2.92. The van der Waals surface area contributed by atoms with Crippen molar-refractivity contribution >= 4 is 34.8 Å². The zero-order chi connectivity index (χ0) is 19.4. The lowest BCUT2D eigenvalue weighted by atomic mass is 10.1. The first-order valence-corrected chi connectivity index (χ1v) is 9.24. The third-order valence-electron chi connectivity index (χ3n) is 4.36. The first kappa shape index (κ1) is 19.3. The van der Waals surface area contributed by atoms with E-state index in [0.717, 1.165) is 22.4 Å². The van der Waals surface area contributed by atoms with Crippen LogP contribution in [0.2, 0.25) is 10.0 Å². The number of carbonyl (C=O) groups is 1. The Bertz CT molecular complexity index is 969. The Kier molecular flexibility index (Phi) is 6.04. The Hall–Kier alpha value is -2.49. The second-order valence-corrected chi connectivity index (χ2v) is 7.11. The van der Waals surface area contributed by atoms with E-state index in [9.17, 15) is 4.79 Å². The van der Waals surface area contributed by atoms with E-state index in [1.165, 1.54) is 0 Å². The van der Waals surface area contributed by atoms with Crippen molar-refractivity contribution in [2.45, 2.75) is 20.5 Å². The summed E-state index contributed by atoms with van der Waals surface area (Å²) in [5, 5.41) is 4.02. The van der Waals surface area contributed by atoms with E-state index in [1.807, 2.05) is 44.2 Å². The number of aryl methyl sites for hydroxylation is 1. The van der Waals surface area contributed by atoms with Gasteiger partial charge in [0, 0.05) is 22.3 Å². The predicted molar refractivity (Wildman–Crippen MR) is 111 cm³/mol. The minimum absolute atomic E-state index is 0.144. The lowest BCUT2D eigenvalue weighted by Crippen LogP contribution is -2.13. The van der Waals surface area contributed by atoms with E-state index in [4.69, 9.17) is 27.9 Å². The number of carbonyl (C=O) groups excluding carboxylic acids is 1. The van der Waals surface area contributed by atoms with E-state index in [-0.39, 0.29) is 5.91 Å². The number of ether oxygens (including phenoxy) is 1. The molecule has 3 nitrogen and oxygen atoms in total. The number of halogens is 2. The summed E-state index contributed by atoms with van der Waals surface area (Å²) >= 11 is 12.1. The van der Waals surface area contributed by atoms with Gasteiger partial charge in [-0.15, -0.1) is 0 Å². The van der Waals surface area contributed by atoms with Gasteiger partial charge in [-0.05, 0) is 60.9 Å². The van der Waals surface area contributed by atoms with Crippen LogP contribution in [0, 0.1) is 13.8 Å². The second-order valence-electron chi connectivity index (χ2n) is 6.26. The molecule has 1 N–H and O–H groups in total. The number of hydrogen-bond donors (Lipinski definition) is 1. The summed E-state index contributed by atoms with van der Waals surface area (Å²) in [5.41, 5.74) is 4.53. The molecule has 0 aliphatic heterocycles. The molecule has 0 aliphatic carbocycles.